The molecule has 0 amide bonds. The Morgan fingerprint density at radius 1 is 1.18 bits per heavy atom. The molecule has 1 rings (SSSR count). The van der Waals surface area contributed by atoms with Crippen LogP contribution in [-0.4, -0.2) is 15.0 Å². The summed E-state index contributed by atoms with van der Waals surface area (Å²) in [6.07, 6.45) is 6.34. The summed E-state index contributed by atoms with van der Waals surface area (Å²) in [4.78, 5) is 0. The zero-order chi connectivity index (χ0) is 12.5. The topological polar surface area (TPSA) is 0 Å². The van der Waals surface area contributed by atoms with Crippen LogP contribution in [0.1, 0.15) is 40.0 Å². The van der Waals surface area contributed by atoms with E-state index in [1.807, 2.05) is 0 Å². The summed E-state index contributed by atoms with van der Waals surface area (Å²) in [5.74, 6) is 0.871. The number of hydrogen-bond acceptors (Lipinski definition) is 0. The van der Waals surface area contributed by atoms with Gasteiger partial charge in [0.25, 0.3) is 0 Å². The van der Waals surface area contributed by atoms with E-state index >= 15 is 0 Å². The van der Waals surface area contributed by atoms with Crippen molar-refractivity contribution in [3.63, 3.8) is 0 Å². The Bertz CT molecular complexity index is 323. The van der Waals surface area contributed by atoms with Crippen LogP contribution in [0.25, 0.3) is 0 Å². The molecule has 0 fully saturated rings. The van der Waals surface area contributed by atoms with E-state index in [4.69, 9.17) is 0 Å². The van der Waals surface area contributed by atoms with Gasteiger partial charge in [-0.15, -0.1) is 0 Å². The minimum absolute atomic E-state index is 0.673. The molecule has 17 heavy (non-hydrogen) atoms. The number of rotatable bonds is 7. The molecule has 0 aromatic heterocycles. The van der Waals surface area contributed by atoms with Gasteiger partial charge in [-0.2, -0.15) is 0 Å². The molecule has 0 unspecified atom stereocenters. The van der Waals surface area contributed by atoms with Gasteiger partial charge >= 0.3 is 113 Å². The van der Waals surface area contributed by atoms with Crippen molar-refractivity contribution in [3.8, 4) is 0 Å². The molecule has 0 spiro atoms. The van der Waals surface area contributed by atoms with Crippen molar-refractivity contribution >= 4 is 19.4 Å². The summed E-state index contributed by atoms with van der Waals surface area (Å²) >= 11 is 0.673. The van der Waals surface area contributed by atoms with Crippen LogP contribution in [0, 0.1) is 5.92 Å². The zero-order valence-electron chi connectivity index (χ0n) is 11.3. The van der Waals surface area contributed by atoms with Crippen LogP contribution in [0.2, 0.25) is 5.32 Å². The van der Waals surface area contributed by atoms with Crippen molar-refractivity contribution in [2.24, 2.45) is 5.92 Å². The van der Waals surface area contributed by atoms with Crippen LogP contribution < -0.4 is 4.46 Å². The molecule has 0 N–H and O–H groups in total. The van der Waals surface area contributed by atoms with E-state index in [9.17, 15) is 0 Å². The van der Waals surface area contributed by atoms with Crippen molar-refractivity contribution in [2.45, 2.75) is 45.4 Å². The molecule has 0 aliphatic carbocycles. The molecule has 0 aliphatic rings. The molecule has 0 saturated heterocycles. The maximum absolute atomic E-state index is 2.39. The van der Waals surface area contributed by atoms with Gasteiger partial charge in [0, 0.05) is 0 Å². The normalized spacial score (nSPS) is 12.2. The summed E-state index contributed by atoms with van der Waals surface area (Å²) in [6.45, 7) is 6.76. The van der Waals surface area contributed by atoms with Gasteiger partial charge in [0.1, 0.15) is 0 Å². The summed E-state index contributed by atoms with van der Waals surface area (Å²) in [6, 6.07) is 10.9. The molecular weight excluding hydrogens is 271 g/mol. The first-order chi connectivity index (χ1) is 8.18. The first kappa shape index (κ1) is 14.5. The van der Waals surface area contributed by atoms with Gasteiger partial charge in [0.05, 0.1) is 0 Å². The third-order valence-electron chi connectivity index (χ3n) is 2.83. The molecule has 0 nitrogen and oxygen atoms in total. The quantitative estimate of drug-likeness (QED) is 0.522. The molecule has 0 radical (unpaired) electrons. The Kier molecular flexibility index (Phi) is 7.32. The van der Waals surface area contributed by atoms with Crippen molar-refractivity contribution < 1.29 is 0 Å². The van der Waals surface area contributed by atoms with E-state index in [0.29, 0.717) is 15.0 Å². The second-order valence-electron chi connectivity index (χ2n) is 4.91. The molecule has 1 aromatic carbocycles. The molecule has 0 bridgehead atoms. The molecule has 1 heteroatoms. The zero-order valence-corrected chi connectivity index (χ0v) is 13.0. The Hall–Kier alpha value is -0.521. The van der Waals surface area contributed by atoms with Crippen LogP contribution >= 0.6 is 0 Å². The van der Waals surface area contributed by atoms with Gasteiger partial charge < -0.3 is 0 Å². The number of allylic oxidation sites excluding steroid dienone is 2. The standard InChI is InChI=1S/C16H24Se/c1-14(2)8-7-9-15(3)12-13-17-16-10-5-4-6-11-16/h4-6,8,10-11,15H,7,9,12-13H2,1-3H3/t15-/m0/s1. The van der Waals surface area contributed by atoms with Crippen molar-refractivity contribution in [2.75, 3.05) is 0 Å². The fourth-order valence-electron chi connectivity index (χ4n) is 1.70. The predicted octanol–water partition coefficient (Wildman–Crippen LogP) is 4.21. The van der Waals surface area contributed by atoms with Crippen LogP contribution in [0.15, 0.2) is 42.0 Å². The molecule has 0 saturated carbocycles. The first-order valence-electron chi connectivity index (χ1n) is 6.49. The molecule has 1 aromatic rings. The molecule has 0 aliphatic heterocycles. The SMILES string of the molecule is CC(C)=CCC[C@H](C)CC[Se]c1ccccc1. The fourth-order valence-corrected chi connectivity index (χ4v) is 4.01. The number of hydrogen-bond donors (Lipinski definition) is 0. The monoisotopic (exact) mass is 296 g/mol. The van der Waals surface area contributed by atoms with E-state index in [0.717, 1.165) is 5.92 Å². The van der Waals surface area contributed by atoms with E-state index in [-0.39, 0.29) is 0 Å². The summed E-state index contributed by atoms with van der Waals surface area (Å²) in [7, 11) is 0. The Morgan fingerprint density at radius 2 is 1.88 bits per heavy atom. The van der Waals surface area contributed by atoms with E-state index in [1.165, 1.54) is 34.6 Å². The fraction of sp³-hybridized carbons (Fsp3) is 0.500. The summed E-state index contributed by atoms with van der Waals surface area (Å²) in [5, 5.41) is 1.38. The van der Waals surface area contributed by atoms with Gasteiger partial charge in [0.2, 0.25) is 0 Å². The minimum atomic E-state index is 0.673. The van der Waals surface area contributed by atoms with Crippen molar-refractivity contribution in [1.29, 1.82) is 0 Å². The van der Waals surface area contributed by atoms with Gasteiger partial charge in [-0.1, -0.05) is 0 Å². The Balaban J connectivity index is 2.12. The first-order valence-corrected chi connectivity index (χ1v) is 8.56. The summed E-state index contributed by atoms with van der Waals surface area (Å²) < 4.78 is 1.54. The van der Waals surface area contributed by atoms with Crippen LogP contribution in [0.4, 0.5) is 0 Å². The van der Waals surface area contributed by atoms with Crippen LogP contribution in [-0.2, 0) is 0 Å². The predicted molar refractivity (Wildman–Crippen MR) is 79.1 cm³/mol. The third kappa shape index (κ3) is 7.41. The molecule has 94 valence electrons. The van der Waals surface area contributed by atoms with Crippen molar-refractivity contribution in [3.05, 3.63) is 42.0 Å². The van der Waals surface area contributed by atoms with Gasteiger partial charge in [0.15, 0.2) is 0 Å². The van der Waals surface area contributed by atoms with Crippen molar-refractivity contribution in [1.82, 2.24) is 0 Å². The van der Waals surface area contributed by atoms with Gasteiger partial charge in [-0.25, -0.2) is 0 Å². The van der Waals surface area contributed by atoms with E-state index in [2.05, 4.69) is 57.2 Å². The third-order valence-corrected chi connectivity index (χ3v) is 5.03. The Morgan fingerprint density at radius 3 is 2.53 bits per heavy atom. The van der Waals surface area contributed by atoms with Crippen LogP contribution in [0.3, 0.4) is 0 Å². The van der Waals surface area contributed by atoms with E-state index in [1.54, 1.807) is 0 Å². The van der Waals surface area contributed by atoms with Gasteiger partial charge in [-0.05, 0) is 0 Å². The second kappa shape index (κ2) is 8.55. The average molecular weight is 295 g/mol. The summed E-state index contributed by atoms with van der Waals surface area (Å²) in [5.41, 5.74) is 1.45. The van der Waals surface area contributed by atoms with Crippen LogP contribution in [0.5, 0.6) is 0 Å². The number of benzene rings is 1. The van der Waals surface area contributed by atoms with E-state index < -0.39 is 0 Å². The Labute approximate surface area is 113 Å². The molecule has 0 heterocycles. The molecule has 1 atom stereocenters. The van der Waals surface area contributed by atoms with Gasteiger partial charge in [-0.3, -0.25) is 0 Å². The molecular formula is C16H24Se. The maximum atomic E-state index is 2.39. The average Bonchev–Trinajstić information content (AvgIpc) is 2.30. The second-order valence-corrected chi connectivity index (χ2v) is 7.37.